The largest absolute Gasteiger partial charge is 0.480 e. The summed E-state index contributed by atoms with van der Waals surface area (Å²) in [6, 6.07) is 31.6. The molecule has 2 heterocycles. The summed E-state index contributed by atoms with van der Waals surface area (Å²) in [6.07, 6.45) is 0.468. The second kappa shape index (κ2) is 13.8. The van der Waals surface area contributed by atoms with Crippen LogP contribution < -0.4 is 5.73 Å². The highest BCUT2D eigenvalue weighted by molar-refractivity contribution is 8.00. The van der Waals surface area contributed by atoms with E-state index in [1.807, 2.05) is 97.9 Å². The van der Waals surface area contributed by atoms with Crippen molar-refractivity contribution in [3.8, 4) is 0 Å². The van der Waals surface area contributed by atoms with Crippen molar-refractivity contribution >= 4 is 58.0 Å². The van der Waals surface area contributed by atoms with Gasteiger partial charge in [-0.25, -0.2) is 4.79 Å². The Morgan fingerprint density at radius 2 is 1.00 bits per heavy atom. The number of nitrogens with two attached hydrogens (primary N) is 1. The number of carboxylic acid groups (broad SMARTS) is 1. The molecule has 3 N–H and O–H groups in total. The zero-order chi connectivity index (χ0) is 37.6. The summed E-state index contributed by atoms with van der Waals surface area (Å²) in [5.74, 6) is -6.07. The number of hydrogen-bond donors (Lipinski definition) is 2. The van der Waals surface area contributed by atoms with Crippen LogP contribution in [0.1, 0.15) is 78.4 Å². The average molecular weight is 726 g/mol. The molecule has 7 rings (SSSR count). The third kappa shape index (κ3) is 5.59. The Hall–Kier alpha value is -6.07. The minimum Gasteiger partial charge on any atom is -0.480 e. The lowest BCUT2D eigenvalue weighted by atomic mass is 9.84. The number of aliphatic carboxylic acids is 1. The van der Waals surface area contributed by atoms with Gasteiger partial charge in [0.15, 0.2) is 0 Å². The van der Waals surface area contributed by atoms with Crippen LogP contribution >= 0.6 is 11.8 Å². The molecule has 0 fully saturated rings. The van der Waals surface area contributed by atoms with Gasteiger partial charge in [-0.2, -0.15) is 0 Å². The van der Waals surface area contributed by atoms with E-state index in [2.05, 4.69) is 0 Å². The predicted molar refractivity (Wildman–Crippen MR) is 200 cm³/mol. The lowest BCUT2D eigenvalue weighted by Crippen LogP contribution is -2.55. The number of hydrogen-bond acceptors (Lipinski definition) is 7. The van der Waals surface area contributed by atoms with E-state index in [9.17, 15) is 33.9 Å². The summed E-state index contributed by atoms with van der Waals surface area (Å²) >= 11 is 1.30. The molecule has 0 aromatic heterocycles. The molecule has 0 unspecified atom stereocenters. The zero-order valence-electron chi connectivity index (χ0n) is 28.9. The van der Waals surface area contributed by atoms with Gasteiger partial charge in [-0.05, 0) is 46.9 Å². The van der Waals surface area contributed by atoms with Crippen molar-refractivity contribution in [1.29, 1.82) is 0 Å². The van der Waals surface area contributed by atoms with E-state index in [1.54, 1.807) is 6.92 Å². The molecule has 3 atom stereocenters. The van der Waals surface area contributed by atoms with E-state index >= 15 is 0 Å². The first kappa shape index (κ1) is 35.3. The van der Waals surface area contributed by atoms with E-state index in [1.165, 1.54) is 36.0 Å². The van der Waals surface area contributed by atoms with Crippen molar-refractivity contribution in [3.05, 3.63) is 154 Å². The van der Waals surface area contributed by atoms with E-state index < -0.39 is 58.3 Å². The smallest absolute Gasteiger partial charge is 0.327 e. The Labute approximate surface area is 309 Å². The molecule has 11 heteroatoms. The molecule has 0 aliphatic carbocycles. The van der Waals surface area contributed by atoms with Gasteiger partial charge >= 0.3 is 5.97 Å². The summed E-state index contributed by atoms with van der Waals surface area (Å²) in [7, 11) is 0. The van der Waals surface area contributed by atoms with Gasteiger partial charge in [0.25, 0.3) is 23.6 Å². The minimum absolute atomic E-state index is 0.0145. The number of carboxylic acids is 1. The molecule has 10 nitrogen and oxygen atoms in total. The number of rotatable bonds is 12. The molecule has 5 aromatic rings. The zero-order valence-corrected chi connectivity index (χ0v) is 29.7. The molecular weight excluding hydrogens is 691 g/mol. The van der Waals surface area contributed by atoms with Crippen LogP contribution in [0.4, 0.5) is 0 Å². The van der Waals surface area contributed by atoms with Gasteiger partial charge in [0.05, 0.1) is 4.75 Å². The van der Waals surface area contributed by atoms with Crippen molar-refractivity contribution in [3.63, 3.8) is 0 Å². The summed E-state index contributed by atoms with van der Waals surface area (Å²) in [6.45, 7) is 3.54. The number of thioether (sulfide) groups is 1. The lowest BCUT2D eigenvalue weighted by Gasteiger charge is -2.38. The number of imide groups is 2. The van der Waals surface area contributed by atoms with Gasteiger partial charge in [-0.15, -0.1) is 11.8 Å². The molecule has 2 aliphatic rings. The Balaban J connectivity index is 1.31. The Morgan fingerprint density at radius 3 is 1.32 bits per heavy atom. The maximum absolute atomic E-state index is 14.4. The number of amides is 5. The molecule has 5 aromatic carbocycles. The number of primary amides is 1. The van der Waals surface area contributed by atoms with Crippen molar-refractivity contribution in [2.45, 2.75) is 37.1 Å². The van der Waals surface area contributed by atoms with E-state index in [4.69, 9.17) is 5.73 Å². The monoisotopic (exact) mass is 725 g/mol. The van der Waals surface area contributed by atoms with Crippen LogP contribution in [-0.2, 0) is 14.3 Å². The Bertz CT molecular complexity index is 2150. The van der Waals surface area contributed by atoms with Gasteiger partial charge in [-0.1, -0.05) is 111 Å². The fourth-order valence-corrected chi connectivity index (χ4v) is 9.17. The first-order valence-electron chi connectivity index (χ1n) is 17.2. The maximum Gasteiger partial charge on any atom is 0.327 e. The number of nitrogens with zero attached hydrogens (tertiary/aromatic N) is 2. The predicted octanol–water partition coefficient (Wildman–Crippen LogP) is 6.11. The van der Waals surface area contributed by atoms with Crippen LogP contribution in [0.5, 0.6) is 0 Å². The van der Waals surface area contributed by atoms with Crippen molar-refractivity contribution in [2.75, 3.05) is 5.75 Å². The summed E-state index contributed by atoms with van der Waals surface area (Å²) in [5.41, 5.74) is 8.36. The molecule has 0 radical (unpaired) electrons. The van der Waals surface area contributed by atoms with Crippen LogP contribution in [0.25, 0.3) is 10.8 Å². The van der Waals surface area contributed by atoms with Gasteiger partial charge in [-0.3, -0.25) is 33.8 Å². The molecular formula is C42H35N3O7S. The topological polar surface area (TPSA) is 155 Å². The van der Waals surface area contributed by atoms with Crippen molar-refractivity contribution < 1.29 is 33.9 Å². The maximum atomic E-state index is 14.4. The second-order valence-electron chi connectivity index (χ2n) is 13.2. The van der Waals surface area contributed by atoms with Crippen LogP contribution in [-0.4, -0.2) is 68.2 Å². The number of carbonyl (C=O) groups is 6. The fourth-order valence-electron chi connectivity index (χ4n) is 7.56. The van der Waals surface area contributed by atoms with Gasteiger partial charge < -0.3 is 10.8 Å². The van der Waals surface area contributed by atoms with Gasteiger partial charge in [0, 0.05) is 38.8 Å². The summed E-state index contributed by atoms with van der Waals surface area (Å²) in [4.78, 5) is 83.9. The van der Waals surface area contributed by atoms with Gasteiger partial charge in [0.1, 0.15) is 12.1 Å². The molecule has 0 spiro atoms. The second-order valence-corrected chi connectivity index (χ2v) is 14.4. The van der Waals surface area contributed by atoms with Crippen LogP contribution in [0.3, 0.4) is 0 Å². The molecule has 5 amide bonds. The van der Waals surface area contributed by atoms with E-state index in [0.29, 0.717) is 6.42 Å². The highest BCUT2D eigenvalue weighted by Crippen LogP contribution is 2.49. The first-order valence-corrected chi connectivity index (χ1v) is 18.2. The molecule has 0 saturated carbocycles. The quantitative estimate of drug-likeness (QED) is 0.115. The normalized spacial score (nSPS) is 15.7. The lowest BCUT2D eigenvalue weighted by molar-refractivity contribution is -0.140. The average Bonchev–Trinajstić information content (AvgIpc) is 3.17. The molecule has 2 aliphatic heterocycles. The van der Waals surface area contributed by atoms with Crippen LogP contribution in [0.2, 0.25) is 0 Å². The molecule has 53 heavy (non-hydrogen) atoms. The molecule has 266 valence electrons. The summed E-state index contributed by atoms with van der Waals surface area (Å²) < 4.78 is -0.928. The fraction of sp³-hybridized carbons (Fsp3) is 0.190. The Kier molecular flexibility index (Phi) is 9.21. The highest BCUT2D eigenvalue weighted by Gasteiger charge is 2.47. The number of carbonyl (C=O) groups excluding carboxylic acids is 5. The Morgan fingerprint density at radius 1 is 0.642 bits per heavy atom. The van der Waals surface area contributed by atoms with Crippen LogP contribution in [0, 0.1) is 5.92 Å². The van der Waals surface area contributed by atoms with Crippen molar-refractivity contribution in [1.82, 2.24) is 9.80 Å². The third-order valence-electron chi connectivity index (χ3n) is 10.3. The van der Waals surface area contributed by atoms with E-state index in [0.717, 1.165) is 26.5 Å². The summed E-state index contributed by atoms with van der Waals surface area (Å²) in [5, 5.41) is 10.9. The molecule has 0 bridgehead atoms. The number of benzene rings is 5. The van der Waals surface area contributed by atoms with E-state index in [-0.39, 0.29) is 38.8 Å². The first-order chi connectivity index (χ1) is 25.5. The SMILES string of the molecule is CC[C@H](C)[C@@H](C(N)=O)N1C(=O)c2ccc3c4c(ccc(c24)C1=O)C(=O)N([C@@H](CSC(c1ccccc1)(c1ccccc1)c1ccccc1)C(=O)O)C3=O. The molecule has 0 saturated heterocycles. The van der Waals surface area contributed by atoms with Crippen LogP contribution in [0.15, 0.2) is 115 Å². The highest BCUT2D eigenvalue weighted by atomic mass is 32.2. The standard InChI is InChI=1S/C42H35N3O7S/c1-3-24(2)35(36(43)46)45-39(49)30-21-19-28-33-29(20-22-31(34(30)33)40(45)50)38(48)44(37(28)47)32(41(51)52)23-53-42(25-13-7-4-8-14-25,26-15-9-5-10-16-26)27-17-11-6-12-18-27/h4-22,24,32,35H,3,23H2,1-2H3,(H2,43,46)(H,51,52)/t24-,32-,35-/m0/s1. The minimum atomic E-state index is -1.60. The van der Waals surface area contributed by atoms with Crippen molar-refractivity contribution in [2.24, 2.45) is 11.7 Å². The van der Waals surface area contributed by atoms with Gasteiger partial charge in [0.2, 0.25) is 5.91 Å². The third-order valence-corrected chi connectivity index (χ3v) is 11.9.